The van der Waals surface area contributed by atoms with E-state index in [2.05, 4.69) is 15.4 Å². The summed E-state index contributed by atoms with van der Waals surface area (Å²) in [7, 11) is 0. The Balaban J connectivity index is 1.58. The molecule has 0 atom stereocenters. The Kier molecular flexibility index (Phi) is 5.13. The number of nitrogens with zero attached hydrogens (tertiary/aromatic N) is 3. The molecule has 0 aliphatic carbocycles. The first-order valence-electron chi connectivity index (χ1n) is 7.77. The van der Waals surface area contributed by atoms with E-state index in [1.54, 1.807) is 29.3 Å². The first kappa shape index (κ1) is 16.8. The van der Waals surface area contributed by atoms with Crippen molar-refractivity contribution in [3.05, 3.63) is 72.2 Å². The standard InChI is InChI=1S/C18H16F2N4O/c19-15-2-1-3-16(20)14(15)6-10-22-18(25)12-24-17(7-11-23-24)13-4-8-21-9-5-13/h1-5,7-9,11H,6,10,12H2,(H,22,25). The minimum atomic E-state index is -0.610. The molecule has 0 fully saturated rings. The van der Waals surface area contributed by atoms with Gasteiger partial charge >= 0.3 is 0 Å². The Morgan fingerprint density at radius 3 is 2.48 bits per heavy atom. The van der Waals surface area contributed by atoms with Crippen molar-refractivity contribution in [3.8, 4) is 11.3 Å². The molecule has 0 bridgehead atoms. The molecule has 0 aliphatic heterocycles. The number of nitrogens with one attached hydrogen (secondary N) is 1. The molecule has 128 valence electrons. The molecule has 1 N–H and O–H groups in total. The van der Waals surface area contributed by atoms with Crippen LogP contribution >= 0.6 is 0 Å². The van der Waals surface area contributed by atoms with Crippen molar-refractivity contribution >= 4 is 5.91 Å². The molecule has 1 amide bonds. The van der Waals surface area contributed by atoms with Crippen LogP contribution in [0.1, 0.15) is 5.56 Å². The van der Waals surface area contributed by atoms with Gasteiger partial charge in [0.15, 0.2) is 0 Å². The van der Waals surface area contributed by atoms with Gasteiger partial charge in [0.2, 0.25) is 5.91 Å². The number of hydrogen-bond donors (Lipinski definition) is 1. The molecule has 3 rings (SSSR count). The lowest BCUT2D eigenvalue weighted by Gasteiger charge is -2.09. The quantitative estimate of drug-likeness (QED) is 0.749. The zero-order valence-electron chi connectivity index (χ0n) is 13.3. The summed E-state index contributed by atoms with van der Waals surface area (Å²) in [6, 6.07) is 9.16. The summed E-state index contributed by atoms with van der Waals surface area (Å²) in [6.45, 7) is 0.160. The van der Waals surface area contributed by atoms with E-state index in [0.29, 0.717) is 0 Å². The van der Waals surface area contributed by atoms with Crippen LogP contribution in [0.25, 0.3) is 11.3 Å². The van der Waals surface area contributed by atoms with E-state index in [4.69, 9.17) is 0 Å². The maximum Gasteiger partial charge on any atom is 0.241 e. The highest BCUT2D eigenvalue weighted by atomic mass is 19.1. The first-order valence-corrected chi connectivity index (χ1v) is 7.77. The van der Waals surface area contributed by atoms with E-state index in [9.17, 15) is 13.6 Å². The largest absolute Gasteiger partial charge is 0.354 e. The monoisotopic (exact) mass is 342 g/mol. The SMILES string of the molecule is O=C(Cn1nccc1-c1ccncc1)NCCc1c(F)cccc1F. The van der Waals surface area contributed by atoms with Crippen LogP contribution in [0, 0.1) is 11.6 Å². The smallest absolute Gasteiger partial charge is 0.241 e. The van der Waals surface area contributed by atoms with Gasteiger partial charge in [0.25, 0.3) is 0 Å². The lowest BCUT2D eigenvalue weighted by Crippen LogP contribution is -2.30. The fourth-order valence-corrected chi connectivity index (χ4v) is 2.52. The third-order valence-corrected chi connectivity index (χ3v) is 3.74. The lowest BCUT2D eigenvalue weighted by molar-refractivity contribution is -0.121. The molecule has 0 saturated carbocycles. The van der Waals surface area contributed by atoms with E-state index in [-0.39, 0.29) is 31.0 Å². The second-order valence-electron chi connectivity index (χ2n) is 5.41. The van der Waals surface area contributed by atoms with Gasteiger partial charge in [-0.15, -0.1) is 0 Å². The summed E-state index contributed by atoms with van der Waals surface area (Å²) >= 11 is 0. The van der Waals surface area contributed by atoms with Gasteiger partial charge in [-0.3, -0.25) is 14.5 Å². The first-order chi connectivity index (χ1) is 12.1. The van der Waals surface area contributed by atoms with Crippen molar-refractivity contribution in [3.63, 3.8) is 0 Å². The minimum absolute atomic E-state index is 0.0183. The van der Waals surface area contributed by atoms with Crippen LogP contribution in [0.3, 0.4) is 0 Å². The normalized spacial score (nSPS) is 10.6. The van der Waals surface area contributed by atoms with Crippen molar-refractivity contribution in [2.24, 2.45) is 0 Å². The lowest BCUT2D eigenvalue weighted by atomic mass is 10.1. The number of carbonyl (C=O) groups is 1. The van der Waals surface area contributed by atoms with Gasteiger partial charge in [-0.1, -0.05) is 6.07 Å². The Bertz CT molecular complexity index is 844. The van der Waals surface area contributed by atoms with E-state index in [1.807, 2.05) is 12.1 Å². The number of halogens is 2. The average Bonchev–Trinajstić information content (AvgIpc) is 3.06. The average molecular weight is 342 g/mol. The van der Waals surface area contributed by atoms with E-state index < -0.39 is 11.6 Å². The van der Waals surface area contributed by atoms with Crippen LogP contribution in [-0.2, 0) is 17.8 Å². The summed E-state index contributed by atoms with van der Waals surface area (Å²) in [5.41, 5.74) is 1.66. The third kappa shape index (κ3) is 4.06. The molecule has 5 nitrogen and oxygen atoms in total. The third-order valence-electron chi connectivity index (χ3n) is 3.74. The number of pyridine rings is 1. The molecule has 2 heterocycles. The molecule has 0 aliphatic rings. The Hall–Kier alpha value is -3.09. The second kappa shape index (κ2) is 7.65. The Morgan fingerprint density at radius 1 is 1.04 bits per heavy atom. The van der Waals surface area contributed by atoms with Crippen LogP contribution in [-0.4, -0.2) is 27.2 Å². The number of aromatic nitrogens is 3. The van der Waals surface area contributed by atoms with Gasteiger partial charge in [-0.05, 0) is 36.8 Å². The van der Waals surface area contributed by atoms with Gasteiger partial charge < -0.3 is 5.32 Å². The molecule has 0 spiro atoms. The molecular weight excluding hydrogens is 326 g/mol. The number of carbonyl (C=O) groups excluding carboxylic acids is 1. The zero-order valence-corrected chi connectivity index (χ0v) is 13.3. The molecule has 25 heavy (non-hydrogen) atoms. The fraction of sp³-hybridized carbons (Fsp3) is 0.167. The van der Waals surface area contributed by atoms with Crippen LogP contribution in [0.2, 0.25) is 0 Å². The van der Waals surface area contributed by atoms with Crippen LogP contribution < -0.4 is 5.32 Å². The number of hydrogen-bond acceptors (Lipinski definition) is 3. The fourth-order valence-electron chi connectivity index (χ4n) is 2.52. The van der Waals surface area contributed by atoms with Crippen molar-refractivity contribution in [1.29, 1.82) is 0 Å². The van der Waals surface area contributed by atoms with Crippen LogP contribution in [0.4, 0.5) is 8.78 Å². The Morgan fingerprint density at radius 2 is 1.76 bits per heavy atom. The van der Waals surface area contributed by atoms with Gasteiger partial charge in [-0.2, -0.15) is 5.10 Å². The van der Waals surface area contributed by atoms with Crippen molar-refractivity contribution < 1.29 is 13.6 Å². The summed E-state index contributed by atoms with van der Waals surface area (Å²) in [5.74, 6) is -1.50. The van der Waals surface area contributed by atoms with E-state index >= 15 is 0 Å². The molecular formula is C18H16F2N4O. The van der Waals surface area contributed by atoms with Gasteiger partial charge in [0.05, 0.1) is 5.69 Å². The molecule has 7 heteroatoms. The molecule has 0 saturated heterocycles. The molecule has 0 radical (unpaired) electrons. The van der Waals surface area contributed by atoms with E-state index in [0.717, 1.165) is 11.3 Å². The highest BCUT2D eigenvalue weighted by Gasteiger charge is 2.11. The van der Waals surface area contributed by atoms with Gasteiger partial charge in [-0.25, -0.2) is 8.78 Å². The molecule has 0 unspecified atom stereocenters. The zero-order chi connectivity index (χ0) is 17.6. The molecule has 2 aromatic heterocycles. The van der Waals surface area contributed by atoms with Crippen LogP contribution in [0.15, 0.2) is 55.0 Å². The number of amides is 1. The predicted molar refractivity (Wildman–Crippen MR) is 88.5 cm³/mol. The maximum atomic E-state index is 13.5. The summed E-state index contributed by atoms with van der Waals surface area (Å²) < 4.78 is 28.7. The van der Waals surface area contributed by atoms with Gasteiger partial charge in [0.1, 0.15) is 18.2 Å². The summed E-state index contributed by atoms with van der Waals surface area (Å²) in [5, 5.41) is 6.80. The number of rotatable bonds is 6. The number of benzene rings is 1. The van der Waals surface area contributed by atoms with Crippen molar-refractivity contribution in [1.82, 2.24) is 20.1 Å². The Labute approximate surface area is 143 Å². The highest BCUT2D eigenvalue weighted by molar-refractivity contribution is 5.76. The molecule has 1 aromatic carbocycles. The van der Waals surface area contributed by atoms with Gasteiger partial charge in [0, 0.05) is 36.3 Å². The van der Waals surface area contributed by atoms with Crippen LogP contribution in [0.5, 0.6) is 0 Å². The van der Waals surface area contributed by atoms with Crippen molar-refractivity contribution in [2.75, 3.05) is 6.54 Å². The maximum absolute atomic E-state index is 13.5. The second-order valence-corrected chi connectivity index (χ2v) is 5.41. The topological polar surface area (TPSA) is 59.8 Å². The minimum Gasteiger partial charge on any atom is -0.354 e. The van der Waals surface area contributed by atoms with E-state index in [1.165, 1.54) is 18.2 Å². The summed E-state index contributed by atoms with van der Waals surface area (Å²) in [4.78, 5) is 16.0. The highest BCUT2D eigenvalue weighted by Crippen LogP contribution is 2.17. The predicted octanol–water partition coefficient (Wildman–Crippen LogP) is 2.58. The van der Waals surface area contributed by atoms with Crippen molar-refractivity contribution in [2.45, 2.75) is 13.0 Å². The molecule has 3 aromatic rings. The summed E-state index contributed by atoms with van der Waals surface area (Å²) in [6.07, 6.45) is 5.02.